The van der Waals surface area contributed by atoms with Crippen molar-refractivity contribution in [3.8, 4) is 5.75 Å². The fourth-order valence-electron chi connectivity index (χ4n) is 3.88. The molecule has 182 valence electrons. The fourth-order valence-corrected chi connectivity index (χ4v) is 4.15. The molecule has 0 atom stereocenters. The van der Waals surface area contributed by atoms with Crippen LogP contribution >= 0.6 is 11.6 Å². The summed E-state index contributed by atoms with van der Waals surface area (Å²) in [6, 6.07) is -0.0386. The maximum Gasteiger partial charge on any atom is 0.269 e. The highest BCUT2D eigenvalue weighted by atomic mass is 35.5. The molecule has 0 spiro atoms. The summed E-state index contributed by atoms with van der Waals surface area (Å²) in [7, 11) is 1.59. The topological polar surface area (TPSA) is 152 Å². The summed E-state index contributed by atoms with van der Waals surface area (Å²) in [6.45, 7) is 7.59. The standard InChI is InChI=1S/C23H25ClN8O3/c1-10(2)28-21(33)14-8-27-16(29-14)6-13-17-19(24)30-23(25)31-20(17)32(22(13)34)9-15-12(4)18(35-5)11(3)7-26-15/h6-8,10H,9H2,1-5H3,(H,27,29)(H,28,33)(H2,25,30,31)/b13-6-. The Morgan fingerprint density at radius 2 is 2.03 bits per heavy atom. The van der Waals surface area contributed by atoms with E-state index in [1.54, 1.807) is 13.3 Å². The summed E-state index contributed by atoms with van der Waals surface area (Å²) in [5.41, 5.74) is 8.96. The average molecular weight is 497 g/mol. The zero-order valence-corrected chi connectivity index (χ0v) is 20.7. The third kappa shape index (κ3) is 4.54. The molecule has 3 aromatic rings. The number of methoxy groups -OCH3 is 1. The number of aromatic amines is 1. The van der Waals surface area contributed by atoms with Crippen LogP contribution in [-0.4, -0.2) is 49.9 Å². The van der Waals surface area contributed by atoms with Crippen LogP contribution in [0, 0.1) is 13.8 Å². The second-order valence-corrected chi connectivity index (χ2v) is 8.73. The van der Waals surface area contributed by atoms with E-state index >= 15 is 0 Å². The molecule has 1 aliphatic heterocycles. The highest BCUT2D eigenvalue weighted by molar-refractivity contribution is 6.41. The van der Waals surface area contributed by atoms with Crippen LogP contribution in [0.25, 0.3) is 11.6 Å². The molecule has 35 heavy (non-hydrogen) atoms. The molecule has 3 aromatic heterocycles. The maximum atomic E-state index is 13.6. The van der Waals surface area contributed by atoms with E-state index in [9.17, 15) is 9.59 Å². The number of hydrogen-bond donors (Lipinski definition) is 3. The SMILES string of the molecule is COc1c(C)cnc(CN2C(=O)/C(=C\c3ncc(C(=O)NC(C)C)[nH]3)c3c(Cl)nc(N)nc32)c1C. The predicted molar refractivity (Wildman–Crippen MR) is 132 cm³/mol. The summed E-state index contributed by atoms with van der Waals surface area (Å²) in [5.74, 6) is 0.511. The number of nitrogens with zero attached hydrogens (tertiary/aromatic N) is 5. The van der Waals surface area contributed by atoms with Gasteiger partial charge in [-0.3, -0.25) is 19.5 Å². The monoisotopic (exact) mass is 496 g/mol. The van der Waals surface area contributed by atoms with Gasteiger partial charge in [0.25, 0.3) is 11.8 Å². The number of nitrogens with two attached hydrogens (primary N) is 1. The highest BCUT2D eigenvalue weighted by Crippen LogP contribution is 2.41. The van der Waals surface area contributed by atoms with Gasteiger partial charge in [-0.05, 0) is 33.8 Å². The van der Waals surface area contributed by atoms with Crippen molar-refractivity contribution >= 4 is 46.8 Å². The normalized spacial score (nSPS) is 14.1. The third-order valence-electron chi connectivity index (χ3n) is 5.46. The Labute approximate surface area is 206 Å². The van der Waals surface area contributed by atoms with Crippen LogP contribution in [0.15, 0.2) is 12.4 Å². The number of carbonyl (C=O) groups is 2. The smallest absolute Gasteiger partial charge is 0.269 e. The number of aryl methyl sites for hydroxylation is 1. The summed E-state index contributed by atoms with van der Waals surface area (Å²) in [4.78, 5) is 47.2. The predicted octanol–water partition coefficient (Wildman–Crippen LogP) is 2.68. The molecular weight excluding hydrogens is 472 g/mol. The maximum absolute atomic E-state index is 13.6. The number of nitrogens with one attached hydrogen (secondary N) is 2. The van der Waals surface area contributed by atoms with Crippen LogP contribution in [0.4, 0.5) is 11.8 Å². The first kappa shape index (κ1) is 24.1. The average Bonchev–Trinajstić information content (AvgIpc) is 3.34. The zero-order valence-electron chi connectivity index (χ0n) is 19.9. The van der Waals surface area contributed by atoms with Crippen molar-refractivity contribution in [3.05, 3.63) is 51.4 Å². The van der Waals surface area contributed by atoms with E-state index in [-0.39, 0.29) is 52.6 Å². The molecule has 0 saturated heterocycles. The number of aromatic nitrogens is 5. The van der Waals surface area contributed by atoms with E-state index in [1.807, 2.05) is 27.7 Å². The van der Waals surface area contributed by atoms with Crippen molar-refractivity contribution in [1.82, 2.24) is 30.2 Å². The van der Waals surface area contributed by atoms with Gasteiger partial charge in [-0.25, -0.2) is 9.97 Å². The van der Waals surface area contributed by atoms with Crippen LogP contribution in [-0.2, 0) is 11.3 Å². The Bertz CT molecular complexity index is 1370. The molecular formula is C23H25ClN8O3. The number of ether oxygens (including phenoxy) is 1. The Hall–Kier alpha value is -3.99. The minimum Gasteiger partial charge on any atom is -0.496 e. The number of carbonyl (C=O) groups excluding carboxylic acids is 2. The summed E-state index contributed by atoms with van der Waals surface area (Å²) >= 11 is 6.40. The van der Waals surface area contributed by atoms with Crippen molar-refractivity contribution in [2.45, 2.75) is 40.3 Å². The molecule has 1 aliphatic rings. The largest absolute Gasteiger partial charge is 0.496 e. The summed E-state index contributed by atoms with van der Waals surface area (Å²) < 4.78 is 5.49. The van der Waals surface area contributed by atoms with E-state index < -0.39 is 0 Å². The number of anilines is 2. The van der Waals surface area contributed by atoms with E-state index in [1.165, 1.54) is 17.2 Å². The van der Waals surface area contributed by atoms with Gasteiger partial charge in [0.15, 0.2) is 5.82 Å². The number of amides is 2. The van der Waals surface area contributed by atoms with Gasteiger partial charge in [0, 0.05) is 23.4 Å². The second-order valence-electron chi connectivity index (χ2n) is 8.38. The molecule has 0 fully saturated rings. The molecule has 12 heteroatoms. The van der Waals surface area contributed by atoms with E-state index in [0.29, 0.717) is 22.8 Å². The van der Waals surface area contributed by atoms with Gasteiger partial charge >= 0.3 is 0 Å². The fraction of sp³-hybridized carbons (Fsp3) is 0.304. The summed E-state index contributed by atoms with van der Waals surface area (Å²) in [6.07, 6.45) is 4.59. The van der Waals surface area contributed by atoms with Gasteiger partial charge in [0.1, 0.15) is 22.4 Å². The van der Waals surface area contributed by atoms with E-state index in [0.717, 1.165) is 11.1 Å². The highest BCUT2D eigenvalue weighted by Gasteiger charge is 2.37. The van der Waals surface area contributed by atoms with Crippen LogP contribution in [0.3, 0.4) is 0 Å². The molecule has 0 unspecified atom stereocenters. The molecule has 0 aliphatic carbocycles. The Morgan fingerprint density at radius 1 is 1.29 bits per heavy atom. The second kappa shape index (κ2) is 9.34. The number of hydrogen-bond acceptors (Lipinski definition) is 8. The molecule has 0 saturated carbocycles. The zero-order chi connectivity index (χ0) is 25.4. The van der Waals surface area contributed by atoms with Gasteiger partial charge in [0.05, 0.1) is 36.7 Å². The van der Waals surface area contributed by atoms with Crippen LogP contribution < -0.4 is 20.7 Å². The van der Waals surface area contributed by atoms with Crippen molar-refractivity contribution in [2.75, 3.05) is 17.7 Å². The molecule has 0 radical (unpaired) electrons. The van der Waals surface area contributed by atoms with Crippen LogP contribution in [0.2, 0.25) is 5.15 Å². The van der Waals surface area contributed by atoms with Crippen LogP contribution in [0.5, 0.6) is 5.75 Å². The van der Waals surface area contributed by atoms with Gasteiger partial charge < -0.3 is 20.8 Å². The van der Waals surface area contributed by atoms with Gasteiger partial charge in [-0.15, -0.1) is 0 Å². The number of H-pyrrole nitrogens is 1. The third-order valence-corrected chi connectivity index (χ3v) is 5.74. The van der Waals surface area contributed by atoms with Gasteiger partial charge in [-0.1, -0.05) is 11.6 Å². The number of pyridine rings is 1. The Morgan fingerprint density at radius 3 is 2.71 bits per heavy atom. The number of rotatable bonds is 6. The molecule has 4 N–H and O–H groups in total. The number of nitrogen functional groups attached to an aromatic ring is 1. The van der Waals surface area contributed by atoms with E-state index in [2.05, 4.69) is 30.2 Å². The number of imidazole rings is 1. The Balaban J connectivity index is 1.75. The minimum absolute atomic E-state index is 0.0325. The van der Waals surface area contributed by atoms with Crippen molar-refractivity contribution in [3.63, 3.8) is 0 Å². The van der Waals surface area contributed by atoms with Crippen molar-refractivity contribution in [2.24, 2.45) is 0 Å². The van der Waals surface area contributed by atoms with Gasteiger partial charge in [-0.2, -0.15) is 4.98 Å². The first-order valence-corrected chi connectivity index (χ1v) is 11.2. The van der Waals surface area contributed by atoms with Gasteiger partial charge in [0.2, 0.25) is 5.95 Å². The van der Waals surface area contributed by atoms with Crippen molar-refractivity contribution < 1.29 is 14.3 Å². The molecule has 0 aromatic carbocycles. The molecule has 11 nitrogen and oxygen atoms in total. The first-order valence-electron chi connectivity index (χ1n) is 10.8. The lowest BCUT2D eigenvalue weighted by Crippen LogP contribution is -2.30. The number of fused-ring (bicyclic) bond motifs is 1. The van der Waals surface area contributed by atoms with Crippen LogP contribution in [0.1, 0.15) is 52.5 Å². The molecule has 2 amide bonds. The number of halogens is 1. The quantitative estimate of drug-likeness (QED) is 0.348. The lowest BCUT2D eigenvalue weighted by molar-refractivity contribution is -0.113. The first-order chi connectivity index (χ1) is 16.6. The Kier molecular flexibility index (Phi) is 6.44. The molecule has 4 heterocycles. The van der Waals surface area contributed by atoms with Crippen molar-refractivity contribution in [1.29, 1.82) is 0 Å². The lowest BCUT2D eigenvalue weighted by atomic mass is 10.1. The molecule has 0 bridgehead atoms. The lowest BCUT2D eigenvalue weighted by Gasteiger charge is -2.19. The van der Waals surface area contributed by atoms with E-state index in [4.69, 9.17) is 22.1 Å². The summed E-state index contributed by atoms with van der Waals surface area (Å²) in [5, 5.41) is 2.81. The molecule has 4 rings (SSSR count). The minimum atomic E-state index is -0.382.